The number of carbonyl (C=O) groups excluding carboxylic acids is 1. The summed E-state index contributed by atoms with van der Waals surface area (Å²) in [4.78, 5) is 12.9. The number of nitrogens with zero attached hydrogens (tertiary/aromatic N) is 3. The van der Waals surface area contributed by atoms with E-state index in [2.05, 4.69) is 30.7 Å². The first kappa shape index (κ1) is 20.9. The molecule has 0 fully saturated rings. The molecular weight excluding hydrogens is 486 g/mol. The molecule has 5 rings (SSSR count). The average molecular weight is 510 g/mol. The molecule has 0 bridgehead atoms. The van der Waals surface area contributed by atoms with Crippen LogP contribution >= 0.6 is 15.9 Å². The number of methoxy groups -OCH3 is 1. The molecular formula is C20H24BrN5O4S. The minimum atomic E-state index is -3.55. The summed E-state index contributed by atoms with van der Waals surface area (Å²) in [5.74, 6) is 0.261. The highest BCUT2D eigenvalue weighted by Crippen LogP contribution is 2.45. The summed E-state index contributed by atoms with van der Waals surface area (Å²) in [6.45, 7) is 2.62. The smallest absolute Gasteiger partial charge is 0.354 e. The third kappa shape index (κ3) is 3.38. The number of aromatic nitrogens is 2. The van der Waals surface area contributed by atoms with Crippen LogP contribution in [0.1, 0.15) is 35.6 Å². The van der Waals surface area contributed by atoms with Crippen molar-refractivity contribution in [3.8, 4) is 5.88 Å². The summed E-state index contributed by atoms with van der Waals surface area (Å²) in [5.41, 5.74) is 4.93. The number of rotatable bonds is 4. The second-order valence-electron chi connectivity index (χ2n) is 8.50. The van der Waals surface area contributed by atoms with Crippen LogP contribution in [0.2, 0.25) is 0 Å². The second kappa shape index (κ2) is 7.29. The number of ether oxygens (including phenoxy) is 2. The molecule has 2 amide bonds. The number of nitrogens with two attached hydrogens (primary N) is 1. The molecule has 2 aliphatic carbocycles. The maximum absolute atomic E-state index is 13.2. The van der Waals surface area contributed by atoms with Crippen molar-refractivity contribution in [2.45, 2.75) is 56.1 Å². The maximum Gasteiger partial charge on any atom is 0.354 e. The third-order valence-electron chi connectivity index (χ3n) is 6.14. The first-order chi connectivity index (χ1) is 14.7. The lowest BCUT2D eigenvalue weighted by molar-refractivity contribution is 0.0165. The Hall–Kier alpha value is -1.95. The van der Waals surface area contributed by atoms with Crippen LogP contribution in [-0.4, -0.2) is 39.3 Å². The zero-order valence-electron chi connectivity index (χ0n) is 17.4. The van der Waals surface area contributed by atoms with E-state index in [9.17, 15) is 9.00 Å². The van der Waals surface area contributed by atoms with E-state index in [0.29, 0.717) is 13.2 Å². The maximum atomic E-state index is 13.2. The molecule has 3 aliphatic rings. The Labute approximate surface area is 189 Å². The number of nitrogens with one attached hydrogen (secondary N) is 1. The van der Waals surface area contributed by atoms with Crippen molar-refractivity contribution in [1.29, 1.82) is 0 Å². The minimum absolute atomic E-state index is 0.108. The molecule has 31 heavy (non-hydrogen) atoms. The molecule has 0 radical (unpaired) electrons. The highest BCUT2D eigenvalue weighted by atomic mass is 79.9. The SMILES string of the molecule is COC[C@]1(C)Cn2ncc(S(N)(=O)=NC(=O)Nc3c4c(c(Br)c5c3CC5)CCC4)c2O1. The van der Waals surface area contributed by atoms with Crippen LogP contribution in [0.15, 0.2) is 19.9 Å². The molecule has 2 heterocycles. The number of anilines is 1. The number of amides is 2. The van der Waals surface area contributed by atoms with E-state index in [-0.39, 0.29) is 10.8 Å². The van der Waals surface area contributed by atoms with E-state index >= 15 is 0 Å². The molecule has 1 aromatic heterocycles. The number of fused-ring (bicyclic) bond motifs is 3. The molecule has 3 N–H and O–H groups in total. The van der Waals surface area contributed by atoms with E-state index < -0.39 is 21.5 Å². The predicted molar refractivity (Wildman–Crippen MR) is 119 cm³/mol. The number of hydrogen-bond donors (Lipinski definition) is 2. The van der Waals surface area contributed by atoms with Gasteiger partial charge in [0, 0.05) is 17.3 Å². The van der Waals surface area contributed by atoms with Crippen LogP contribution in [0.3, 0.4) is 0 Å². The van der Waals surface area contributed by atoms with Crippen molar-refractivity contribution in [2.24, 2.45) is 9.50 Å². The van der Waals surface area contributed by atoms with Gasteiger partial charge in [-0.1, -0.05) is 15.9 Å². The third-order valence-corrected chi connectivity index (χ3v) is 8.45. The predicted octanol–water partition coefficient (Wildman–Crippen LogP) is 2.96. The minimum Gasteiger partial charge on any atom is -0.466 e. The van der Waals surface area contributed by atoms with Crippen molar-refractivity contribution in [2.75, 3.05) is 19.0 Å². The van der Waals surface area contributed by atoms with Crippen LogP contribution in [0.5, 0.6) is 5.88 Å². The van der Waals surface area contributed by atoms with Gasteiger partial charge in [-0.25, -0.2) is 18.8 Å². The van der Waals surface area contributed by atoms with Gasteiger partial charge < -0.3 is 14.8 Å². The quantitative estimate of drug-likeness (QED) is 0.655. The molecule has 0 saturated carbocycles. The molecule has 166 valence electrons. The summed E-state index contributed by atoms with van der Waals surface area (Å²) in [7, 11) is -1.97. The summed E-state index contributed by atoms with van der Waals surface area (Å²) in [6.07, 6.45) is 6.17. The Bertz CT molecular complexity index is 1230. The van der Waals surface area contributed by atoms with E-state index in [1.54, 1.807) is 11.8 Å². The second-order valence-corrected chi connectivity index (χ2v) is 11.1. The first-order valence-corrected chi connectivity index (χ1v) is 12.5. The number of halogens is 1. The number of benzene rings is 1. The van der Waals surface area contributed by atoms with Gasteiger partial charge in [0.05, 0.1) is 19.3 Å². The molecule has 1 unspecified atom stereocenters. The van der Waals surface area contributed by atoms with E-state index in [1.807, 2.05) is 6.92 Å². The van der Waals surface area contributed by atoms with Crippen LogP contribution in [0, 0.1) is 0 Å². The van der Waals surface area contributed by atoms with Gasteiger partial charge in [-0.3, -0.25) is 0 Å². The zero-order chi connectivity index (χ0) is 22.0. The fourth-order valence-corrected chi connectivity index (χ4v) is 6.57. The lowest BCUT2D eigenvalue weighted by Crippen LogP contribution is -2.36. The Balaban J connectivity index is 1.45. The van der Waals surface area contributed by atoms with Crippen molar-refractivity contribution < 1.29 is 18.5 Å². The average Bonchev–Trinajstić information content (AvgIpc) is 3.32. The normalized spacial score (nSPS) is 22.6. The summed E-state index contributed by atoms with van der Waals surface area (Å²) >= 11 is 3.72. The van der Waals surface area contributed by atoms with E-state index in [4.69, 9.17) is 14.6 Å². The van der Waals surface area contributed by atoms with Crippen LogP contribution in [0.4, 0.5) is 10.5 Å². The topological polar surface area (TPSA) is 121 Å². The lowest BCUT2D eigenvalue weighted by atomic mass is 9.83. The van der Waals surface area contributed by atoms with Crippen LogP contribution < -0.4 is 15.2 Å². The molecule has 0 saturated heterocycles. The fourth-order valence-electron chi connectivity index (χ4n) is 4.71. The van der Waals surface area contributed by atoms with Gasteiger partial charge in [0.2, 0.25) is 5.88 Å². The number of hydrogen-bond acceptors (Lipinski definition) is 5. The van der Waals surface area contributed by atoms with Gasteiger partial charge >= 0.3 is 6.03 Å². The molecule has 1 aliphatic heterocycles. The monoisotopic (exact) mass is 509 g/mol. The van der Waals surface area contributed by atoms with Gasteiger partial charge in [0.25, 0.3) is 0 Å². The summed E-state index contributed by atoms with van der Waals surface area (Å²) < 4.78 is 30.9. The summed E-state index contributed by atoms with van der Waals surface area (Å²) in [5, 5.41) is 13.1. The molecule has 0 spiro atoms. The van der Waals surface area contributed by atoms with Gasteiger partial charge in [-0.2, -0.15) is 5.10 Å². The fraction of sp³-hybridized carbons (Fsp3) is 0.500. The Morgan fingerprint density at radius 1 is 1.35 bits per heavy atom. The van der Waals surface area contributed by atoms with Crippen molar-refractivity contribution in [3.05, 3.63) is 32.9 Å². The zero-order valence-corrected chi connectivity index (χ0v) is 19.8. The molecule has 1 aromatic carbocycles. The molecule has 11 heteroatoms. The van der Waals surface area contributed by atoms with Crippen molar-refractivity contribution >= 4 is 37.6 Å². The van der Waals surface area contributed by atoms with E-state index in [1.165, 1.54) is 21.8 Å². The van der Waals surface area contributed by atoms with Gasteiger partial charge in [0.1, 0.15) is 4.90 Å². The summed E-state index contributed by atoms with van der Waals surface area (Å²) in [6, 6.07) is -0.726. The number of urea groups is 1. The Morgan fingerprint density at radius 2 is 2.03 bits per heavy atom. The van der Waals surface area contributed by atoms with Crippen molar-refractivity contribution in [3.63, 3.8) is 0 Å². The highest BCUT2D eigenvalue weighted by molar-refractivity contribution is 9.10. The Kier molecular flexibility index (Phi) is 4.92. The Morgan fingerprint density at radius 3 is 2.74 bits per heavy atom. The van der Waals surface area contributed by atoms with Crippen molar-refractivity contribution in [1.82, 2.24) is 9.78 Å². The lowest BCUT2D eigenvalue weighted by Gasteiger charge is -2.27. The number of carbonyl (C=O) groups is 1. The van der Waals surface area contributed by atoms with Gasteiger partial charge in [-0.05, 0) is 61.3 Å². The largest absolute Gasteiger partial charge is 0.466 e. The molecule has 9 nitrogen and oxygen atoms in total. The molecule has 2 aromatic rings. The standard InChI is InChI=1S/C20H24BrN5O4S/c1-20(10-29-2)9-26-18(30-20)15(8-23-26)31(22,28)25-19(27)24-17-13-5-3-4-11(13)16(21)12-6-7-14(12)17/h8H,3-7,9-10H2,1-2H3,(H3,22,24,25,27,28)/t20-,31?/m0/s1. The molecule has 2 atom stereocenters. The van der Waals surface area contributed by atoms with Gasteiger partial charge in [0.15, 0.2) is 15.5 Å². The van der Waals surface area contributed by atoms with Crippen LogP contribution in [0.25, 0.3) is 0 Å². The van der Waals surface area contributed by atoms with Crippen LogP contribution in [-0.2, 0) is 46.9 Å². The first-order valence-electron chi connectivity index (χ1n) is 10.2. The van der Waals surface area contributed by atoms with Gasteiger partial charge in [-0.15, -0.1) is 4.36 Å². The highest BCUT2D eigenvalue weighted by Gasteiger charge is 2.39. The van der Waals surface area contributed by atoms with E-state index in [0.717, 1.165) is 48.9 Å².